The highest BCUT2D eigenvalue weighted by Crippen LogP contribution is 2.06. The summed E-state index contributed by atoms with van der Waals surface area (Å²) in [7, 11) is 2.07. The number of ether oxygens (including phenoxy) is 1. The maximum atomic E-state index is 5.30. The number of imidazole rings is 1. The van der Waals surface area contributed by atoms with E-state index in [0.717, 1.165) is 38.7 Å². The molecule has 2 heterocycles. The quantitative estimate of drug-likeness (QED) is 0.691. The highest BCUT2D eigenvalue weighted by molar-refractivity contribution is 5.02. The summed E-state index contributed by atoms with van der Waals surface area (Å²) in [5, 5.41) is 0. The summed E-state index contributed by atoms with van der Waals surface area (Å²) in [6, 6.07) is 0. The maximum Gasteiger partial charge on any atom is 0.122 e. The smallest absolute Gasteiger partial charge is 0.122 e. The molecule has 14 heavy (non-hydrogen) atoms. The fourth-order valence-corrected chi connectivity index (χ4v) is 1.65. The number of rotatable bonds is 2. The zero-order chi connectivity index (χ0) is 9.97. The first-order valence-corrected chi connectivity index (χ1v) is 5.04. The third kappa shape index (κ3) is 1.96. The van der Waals surface area contributed by atoms with Crippen LogP contribution in [0.2, 0.25) is 0 Å². The summed E-state index contributed by atoms with van der Waals surface area (Å²) < 4.78 is 7.45. The van der Waals surface area contributed by atoms with Crippen molar-refractivity contribution in [1.29, 1.82) is 0 Å². The van der Waals surface area contributed by atoms with Crippen molar-refractivity contribution in [3.8, 4) is 0 Å². The number of morpholine rings is 1. The zero-order valence-corrected chi connectivity index (χ0v) is 8.86. The Balaban J connectivity index is 1.99. The van der Waals surface area contributed by atoms with Crippen molar-refractivity contribution in [2.75, 3.05) is 26.3 Å². The van der Waals surface area contributed by atoms with Gasteiger partial charge in [-0.05, 0) is 6.92 Å². The first-order valence-electron chi connectivity index (χ1n) is 5.04. The molecule has 4 heteroatoms. The van der Waals surface area contributed by atoms with Gasteiger partial charge in [-0.15, -0.1) is 0 Å². The molecule has 0 atom stereocenters. The van der Waals surface area contributed by atoms with Gasteiger partial charge >= 0.3 is 0 Å². The predicted molar refractivity (Wildman–Crippen MR) is 54.0 cm³/mol. The highest BCUT2D eigenvalue weighted by atomic mass is 16.5. The molecule has 0 N–H and O–H groups in total. The van der Waals surface area contributed by atoms with Crippen LogP contribution >= 0.6 is 0 Å². The Morgan fingerprint density at radius 2 is 2.14 bits per heavy atom. The number of hydrogen-bond donors (Lipinski definition) is 0. The minimum atomic E-state index is 0.851. The van der Waals surface area contributed by atoms with E-state index in [4.69, 9.17) is 4.74 Å². The number of aryl methyl sites for hydroxylation is 1. The van der Waals surface area contributed by atoms with Crippen molar-refractivity contribution >= 4 is 0 Å². The largest absolute Gasteiger partial charge is 0.379 e. The number of aromatic nitrogens is 2. The van der Waals surface area contributed by atoms with E-state index < -0.39 is 0 Å². The van der Waals surface area contributed by atoms with Crippen LogP contribution < -0.4 is 0 Å². The Morgan fingerprint density at radius 3 is 2.71 bits per heavy atom. The Hall–Kier alpha value is -0.870. The lowest BCUT2D eigenvalue weighted by Crippen LogP contribution is -2.36. The van der Waals surface area contributed by atoms with Gasteiger partial charge in [0, 0.05) is 32.0 Å². The Kier molecular flexibility index (Phi) is 2.84. The van der Waals surface area contributed by atoms with Gasteiger partial charge in [-0.25, -0.2) is 4.98 Å². The van der Waals surface area contributed by atoms with E-state index in [1.54, 1.807) is 0 Å². The van der Waals surface area contributed by atoms with Crippen LogP contribution in [0.25, 0.3) is 0 Å². The summed E-state index contributed by atoms with van der Waals surface area (Å²) in [4.78, 5) is 6.77. The van der Waals surface area contributed by atoms with E-state index in [0.29, 0.717) is 0 Å². The van der Waals surface area contributed by atoms with Crippen molar-refractivity contribution in [2.24, 2.45) is 7.05 Å². The fourth-order valence-electron chi connectivity index (χ4n) is 1.65. The zero-order valence-electron chi connectivity index (χ0n) is 8.86. The summed E-state index contributed by atoms with van der Waals surface area (Å²) in [5.74, 6) is 1.14. The SMILES string of the molecule is Cc1cnc(CN2CCOCC2)n1C. The summed E-state index contributed by atoms with van der Waals surface area (Å²) in [5.41, 5.74) is 1.22. The van der Waals surface area contributed by atoms with Crippen LogP contribution in [0.15, 0.2) is 6.20 Å². The van der Waals surface area contributed by atoms with Crippen molar-refractivity contribution in [3.63, 3.8) is 0 Å². The van der Waals surface area contributed by atoms with Crippen LogP contribution in [0.5, 0.6) is 0 Å². The van der Waals surface area contributed by atoms with Gasteiger partial charge in [0.25, 0.3) is 0 Å². The van der Waals surface area contributed by atoms with Gasteiger partial charge in [0.1, 0.15) is 5.82 Å². The molecule has 1 saturated heterocycles. The normalized spacial score (nSPS) is 18.7. The van der Waals surface area contributed by atoms with Crippen molar-refractivity contribution in [2.45, 2.75) is 13.5 Å². The molecule has 1 aromatic heterocycles. The lowest BCUT2D eigenvalue weighted by atomic mass is 10.4. The van der Waals surface area contributed by atoms with Gasteiger partial charge in [0.15, 0.2) is 0 Å². The van der Waals surface area contributed by atoms with E-state index in [9.17, 15) is 0 Å². The second-order valence-corrected chi connectivity index (χ2v) is 3.76. The Bertz CT molecular complexity index is 302. The van der Waals surface area contributed by atoms with E-state index >= 15 is 0 Å². The molecule has 4 nitrogen and oxygen atoms in total. The van der Waals surface area contributed by atoms with Gasteiger partial charge in [0.2, 0.25) is 0 Å². The standard InChI is InChI=1S/C10H17N3O/c1-9-7-11-10(12(9)2)8-13-3-5-14-6-4-13/h7H,3-6,8H2,1-2H3. The molecule has 1 aromatic rings. The van der Waals surface area contributed by atoms with Gasteiger partial charge in [-0.1, -0.05) is 0 Å². The highest BCUT2D eigenvalue weighted by Gasteiger charge is 2.13. The average Bonchev–Trinajstić information content (AvgIpc) is 2.52. The minimum absolute atomic E-state index is 0.851. The summed E-state index contributed by atoms with van der Waals surface area (Å²) >= 11 is 0. The van der Waals surface area contributed by atoms with Crippen LogP contribution in [0.4, 0.5) is 0 Å². The first-order chi connectivity index (χ1) is 6.77. The molecular formula is C10H17N3O. The molecule has 1 fully saturated rings. The van der Waals surface area contributed by atoms with Crippen LogP contribution in [-0.4, -0.2) is 40.8 Å². The topological polar surface area (TPSA) is 30.3 Å². The minimum Gasteiger partial charge on any atom is -0.379 e. The van der Waals surface area contributed by atoms with Crippen molar-refractivity contribution < 1.29 is 4.74 Å². The molecule has 1 aliphatic heterocycles. The fraction of sp³-hybridized carbons (Fsp3) is 0.700. The molecule has 0 spiro atoms. The molecule has 2 rings (SSSR count). The Labute approximate surface area is 84.5 Å². The van der Waals surface area contributed by atoms with Crippen LogP contribution in [0.1, 0.15) is 11.5 Å². The molecule has 1 aliphatic rings. The summed E-state index contributed by atoms with van der Waals surface area (Å²) in [6.45, 7) is 6.76. The molecule has 78 valence electrons. The van der Waals surface area contributed by atoms with E-state index in [-0.39, 0.29) is 0 Å². The second-order valence-electron chi connectivity index (χ2n) is 3.76. The third-order valence-electron chi connectivity index (χ3n) is 2.79. The lowest BCUT2D eigenvalue weighted by Gasteiger charge is -2.26. The van der Waals surface area contributed by atoms with Gasteiger partial charge in [-0.3, -0.25) is 4.90 Å². The molecule has 0 aliphatic carbocycles. The third-order valence-corrected chi connectivity index (χ3v) is 2.79. The average molecular weight is 195 g/mol. The van der Waals surface area contributed by atoms with Crippen LogP contribution in [0, 0.1) is 6.92 Å². The number of hydrogen-bond acceptors (Lipinski definition) is 3. The summed E-state index contributed by atoms with van der Waals surface area (Å²) in [6.07, 6.45) is 1.93. The lowest BCUT2D eigenvalue weighted by molar-refractivity contribution is 0.0327. The van der Waals surface area contributed by atoms with Crippen LogP contribution in [-0.2, 0) is 18.3 Å². The molecule has 0 amide bonds. The monoisotopic (exact) mass is 195 g/mol. The molecule has 0 unspecified atom stereocenters. The molecule has 0 saturated carbocycles. The van der Waals surface area contributed by atoms with Gasteiger partial charge in [-0.2, -0.15) is 0 Å². The molecule has 0 radical (unpaired) electrons. The molecule has 0 aromatic carbocycles. The van der Waals surface area contributed by atoms with E-state index in [1.807, 2.05) is 6.20 Å². The van der Waals surface area contributed by atoms with Crippen molar-refractivity contribution in [3.05, 3.63) is 17.7 Å². The molecular weight excluding hydrogens is 178 g/mol. The Morgan fingerprint density at radius 1 is 1.43 bits per heavy atom. The van der Waals surface area contributed by atoms with Crippen LogP contribution in [0.3, 0.4) is 0 Å². The van der Waals surface area contributed by atoms with E-state index in [2.05, 4.69) is 28.4 Å². The van der Waals surface area contributed by atoms with Gasteiger partial charge < -0.3 is 9.30 Å². The van der Waals surface area contributed by atoms with Crippen molar-refractivity contribution in [1.82, 2.24) is 14.5 Å². The first kappa shape index (κ1) is 9.68. The predicted octanol–water partition coefficient (Wildman–Crippen LogP) is 0.561. The number of nitrogens with zero attached hydrogens (tertiary/aromatic N) is 3. The van der Waals surface area contributed by atoms with E-state index in [1.165, 1.54) is 5.69 Å². The van der Waals surface area contributed by atoms with Gasteiger partial charge in [0.05, 0.1) is 19.8 Å². The second kappa shape index (κ2) is 4.11. The molecule has 0 bridgehead atoms. The maximum absolute atomic E-state index is 5.30.